The number of hydrogen-bond donors (Lipinski definition) is 1. The smallest absolute Gasteiger partial charge is 0.387 e. The molecule has 0 saturated carbocycles. The molecule has 0 spiro atoms. The summed E-state index contributed by atoms with van der Waals surface area (Å²) in [5.41, 5.74) is 0.744. The Morgan fingerprint density at radius 1 is 1.10 bits per heavy atom. The first-order valence-corrected chi connectivity index (χ1v) is 9.12. The maximum absolute atomic E-state index is 12.3. The van der Waals surface area contributed by atoms with Crippen molar-refractivity contribution in [1.82, 2.24) is 0 Å². The molecule has 1 unspecified atom stereocenters. The molecule has 0 aromatic heterocycles. The third kappa shape index (κ3) is 6.62. The molecule has 2 aromatic rings. The molecule has 0 bridgehead atoms. The van der Waals surface area contributed by atoms with Gasteiger partial charge in [0, 0.05) is 5.56 Å². The molecule has 6 nitrogen and oxygen atoms in total. The van der Waals surface area contributed by atoms with Gasteiger partial charge in [0.05, 0.1) is 34.1 Å². The van der Waals surface area contributed by atoms with Crippen LogP contribution in [0.1, 0.15) is 12.5 Å². The number of carbonyl (C=O) groups is 1. The first-order chi connectivity index (χ1) is 13.7. The molecule has 0 aliphatic heterocycles. The number of halogens is 5. The molecule has 2 aromatic carbocycles. The lowest BCUT2D eigenvalue weighted by molar-refractivity contribution is -0.126. The molecule has 0 aliphatic carbocycles. The van der Waals surface area contributed by atoms with Gasteiger partial charge in [-0.05, 0) is 37.3 Å². The number of carbonyl (C=O) groups excluding carboxylic acids is 1. The number of oxime groups is 1. The number of hydrogen-bond acceptors (Lipinski definition) is 5. The van der Waals surface area contributed by atoms with Crippen LogP contribution in [0.5, 0.6) is 11.5 Å². The van der Waals surface area contributed by atoms with Crippen molar-refractivity contribution in [2.24, 2.45) is 5.16 Å². The van der Waals surface area contributed by atoms with Crippen LogP contribution < -0.4 is 14.8 Å². The second kappa shape index (κ2) is 10.5. The number of anilines is 1. The summed E-state index contributed by atoms with van der Waals surface area (Å²) < 4.78 is 34.0. The summed E-state index contributed by atoms with van der Waals surface area (Å²) >= 11 is 17.8. The molecule has 0 radical (unpaired) electrons. The van der Waals surface area contributed by atoms with Crippen LogP contribution in [0.15, 0.2) is 35.5 Å². The summed E-state index contributed by atoms with van der Waals surface area (Å²) in [5, 5.41) is 6.96. The molecular weight excluding hydrogens is 453 g/mol. The van der Waals surface area contributed by atoms with Crippen molar-refractivity contribution in [2.45, 2.75) is 19.6 Å². The van der Waals surface area contributed by atoms with Gasteiger partial charge in [-0.25, -0.2) is 0 Å². The van der Waals surface area contributed by atoms with Gasteiger partial charge in [0.15, 0.2) is 11.5 Å². The fourth-order valence-corrected chi connectivity index (χ4v) is 2.64. The number of rotatable bonds is 8. The first kappa shape index (κ1) is 23.0. The third-order valence-electron chi connectivity index (χ3n) is 3.46. The highest BCUT2D eigenvalue weighted by Crippen LogP contribution is 2.32. The Balaban J connectivity index is 1.99. The van der Waals surface area contributed by atoms with Crippen molar-refractivity contribution < 1.29 is 27.9 Å². The van der Waals surface area contributed by atoms with E-state index in [2.05, 4.69) is 15.2 Å². The lowest BCUT2D eigenvalue weighted by Crippen LogP contribution is -2.26. The molecule has 11 heteroatoms. The van der Waals surface area contributed by atoms with E-state index in [9.17, 15) is 13.6 Å². The summed E-state index contributed by atoms with van der Waals surface area (Å²) in [6, 6.07) is 7.00. The maximum Gasteiger partial charge on any atom is 0.387 e. The van der Waals surface area contributed by atoms with Gasteiger partial charge in [0.25, 0.3) is 5.91 Å². The SMILES string of the molecule is COc1cc(C=NOC(C)C(=O)Nc2cc(Cl)c(Cl)cc2Cl)ccc1OC(F)F. The minimum absolute atomic E-state index is 0.0919. The second-order valence-electron chi connectivity index (χ2n) is 5.51. The molecule has 0 heterocycles. The van der Waals surface area contributed by atoms with Crippen molar-refractivity contribution in [3.63, 3.8) is 0 Å². The Bertz CT molecular complexity index is 913. The van der Waals surface area contributed by atoms with Gasteiger partial charge >= 0.3 is 6.61 Å². The van der Waals surface area contributed by atoms with Crippen molar-refractivity contribution in [3.05, 3.63) is 51.0 Å². The topological polar surface area (TPSA) is 69.2 Å². The van der Waals surface area contributed by atoms with Gasteiger partial charge in [0.1, 0.15) is 0 Å². The van der Waals surface area contributed by atoms with E-state index in [1.54, 1.807) is 0 Å². The van der Waals surface area contributed by atoms with E-state index in [-0.39, 0.29) is 32.3 Å². The number of alkyl halides is 2. The van der Waals surface area contributed by atoms with Gasteiger partial charge in [-0.3, -0.25) is 4.79 Å². The lowest BCUT2D eigenvalue weighted by atomic mass is 10.2. The van der Waals surface area contributed by atoms with E-state index in [1.165, 1.54) is 50.6 Å². The molecule has 156 valence electrons. The van der Waals surface area contributed by atoms with E-state index in [1.807, 2.05) is 0 Å². The number of nitrogens with one attached hydrogen (secondary N) is 1. The predicted molar refractivity (Wildman–Crippen MR) is 108 cm³/mol. The molecule has 0 fully saturated rings. The fraction of sp³-hybridized carbons (Fsp3) is 0.222. The Morgan fingerprint density at radius 3 is 2.45 bits per heavy atom. The zero-order chi connectivity index (χ0) is 21.6. The number of methoxy groups -OCH3 is 1. The average molecular weight is 468 g/mol. The molecule has 1 atom stereocenters. The van der Waals surface area contributed by atoms with Crippen LogP contribution in [0.4, 0.5) is 14.5 Å². The largest absolute Gasteiger partial charge is 0.493 e. The van der Waals surface area contributed by atoms with Crippen LogP contribution in [-0.2, 0) is 9.63 Å². The summed E-state index contributed by atoms with van der Waals surface area (Å²) in [6.45, 7) is -1.51. The zero-order valence-electron chi connectivity index (χ0n) is 15.1. The summed E-state index contributed by atoms with van der Waals surface area (Å²) in [7, 11) is 1.31. The zero-order valence-corrected chi connectivity index (χ0v) is 17.4. The van der Waals surface area contributed by atoms with Gasteiger partial charge < -0.3 is 19.6 Å². The highest BCUT2D eigenvalue weighted by Gasteiger charge is 2.17. The highest BCUT2D eigenvalue weighted by molar-refractivity contribution is 6.44. The average Bonchev–Trinajstić information content (AvgIpc) is 2.66. The van der Waals surface area contributed by atoms with Crippen LogP contribution in [0.3, 0.4) is 0 Å². The molecule has 1 N–H and O–H groups in total. The monoisotopic (exact) mass is 466 g/mol. The van der Waals surface area contributed by atoms with Crippen LogP contribution in [0.25, 0.3) is 0 Å². The number of nitrogens with zero attached hydrogens (tertiary/aromatic N) is 1. The van der Waals surface area contributed by atoms with Crippen LogP contribution >= 0.6 is 34.8 Å². The van der Waals surface area contributed by atoms with Crippen LogP contribution in [0, 0.1) is 0 Å². The second-order valence-corrected chi connectivity index (χ2v) is 6.73. The van der Waals surface area contributed by atoms with E-state index in [0.717, 1.165) is 0 Å². The Morgan fingerprint density at radius 2 is 1.79 bits per heavy atom. The molecular formula is C18H15Cl3F2N2O4. The van der Waals surface area contributed by atoms with E-state index >= 15 is 0 Å². The van der Waals surface area contributed by atoms with E-state index in [0.29, 0.717) is 5.56 Å². The molecule has 0 aliphatic rings. The molecule has 2 rings (SSSR count). The Kier molecular flexibility index (Phi) is 8.31. The maximum atomic E-state index is 12.3. The number of ether oxygens (including phenoxy) is 2. The number of benzene rings is 2. The Labute approximate surface area is 180 Å². The van der Waals surface area contributed by atoms with Crippen LogP contribution in [0.2, 0.25) is 15.1 Å². The summed E-state index contributed by atoms with van der Waals surface area (Å²) in [4.78, 5) is 17.3. The predicted octanol–water partition coefficient (Wildman–Crippen LogP) is 5.63. The molecule has 0 saturated heterocycles. The third-order valence-corrected chi connectivity index (χ3v) is 4.50. The van der Waals surface area contributed by atoms with Crippen molar-refractivity contribution >= 4 is 52.6 Å². The van der Waals surface area contributed by atoms with Gasteiger partial charge in [-0.15, -0.1) is 0 Å². The molecule has 29 heavy (non-hydrogen) atoms. The highest BCUT2D eigenvalue weighted by atomic mass is 35.5. The standard InChI is InChI=1S/C18H15Cl3F2N2O4/c1-9(17(26)25-14-7-12(20)11(19)6-13(14)21)29-24-8-10-3-4-15(28-18(22)23)16(5-10)27-2/h3-9,18H,1-2H3,(H,25,26). The van der Waals surface area contributed by atoms with Gasteiger partial charge in [-0.1, -0.05) is 40.0 Å². The van der Waals surface area contributed by atoms with E-state index in [4.69, 9.17) is 44.4 Å². The fourth-order valence-electron chi connectivity index (χ4n) is 2.04. The van der Waals surface area contributed by atoms with Gasteiger partial charge in [0.2, 0.25) is 6.10 Å². The van der Waals surface area contributed by atoms with Crippen molar-refractivity contribution in [1.29, 1.82) is 0 Å². The molecule has 1 amide bonds. The number of amides is 1. The van der Waals surface area contributed by atoms with Gasteiger partial charge in [-0.2, -0.15) is 8.78 Å². The lowest BCUT2D eigenvalue weighted by Gasteiger charge is -2.12. The van der Waals surface area contributed by atoms with Crippen molar-refractivity contribution in [3.8, 4) is 11.5 Å². The Hall–Kier alpha value is -2.29. The quantitative estimate of drug-likeness (QED) is 0.310. The first-order valence-electron chi connectivity index (χ1n) is 7.98. The summed E-state index contributed by atoms with van der Waals surface area (Å²) in [6.07, 6.45) is 0.310. The van der Waals surface area contributed by atoms with Crippen LogP contribution in [-0.4, -0.2) is 31.9 Å². The van der Waals surface area contributed by atoms with Crippen molar-refractivity contribution in [2.75, 3.05) is 12.4 Å². The minimum atomic E-state index is -2.98. The summed E-state index contributed by atoms with van der Waals surface area (Å²) in [5.74, 6) is -0.554. The van der Waals surface area contributed by atoms with E-state index < -0.39 is 18.6 Å². The minimum Gasteiger partial charge on any atom is -0.493 e. The normalized spacial score (nSPS) is 12.1.